The molecule has 4 aromatic carbocycles. The largest absolute Gasteiger partial charge is 0.391 e. The molecular weight excluding hydrogens is 584 g/mol. The van der Waals surface area contributed by atoms with Gasteiger partial charge in [-0.3, -0.25) is 19.2 Å². The molecule has 6 rings (SSSR count). The van der Waals surface area contributed by atoms with Gasteiger partial charge in [-0.25, -0.2) is 0 Å². The smallest absolute Gasteiger partial charge is 0.179 e. The first-order valence-corrected chi connectivity index (χ1v) is 15.4. The van der Waals surface area contributed by atoms with Crippen LogP contribution in [0.15, 0.2) is 121 Å². The molecule has 0 amide bonds. The summed E-state index contributed by atoms with van der Waals surface area (Å²) in [4.78, 5) is 60.4. The Morgan fingerprint density at radius 3 is 1.13 bits per heavy atom. The Bertz CT molecular complexity index is 1570. The van der Waals surface area contributed by atoms with Gasteiger partial charge in [-0.15, -0.1) is 0 Å². The van der Waals surface area contributed by atoms with E-state index in [2.05, 4.69) is 0 Å². The van der Waals surface area contributed by atoms with Gasteiger partial charge in [0.05, 0.1) is 12.0 Å². The van der Waals surface area contributed by atoms with Crippen LogP contribution in [0.2, 0.25) is 0 Å². The molecule has 0 heterocycles. The second kappa shape index (κ2) is 14.5. The van der Waals surface area contributed by atoms with Crippen molar-refractivity contribution in [1.29, 1.82) is 0 Å². The predicted molar refractivity (Wildman–Crippen MR) is 179 cm³/mol. The number of carbonyl (C=O) groups is 4. The molecule has 0 bridgehead atoms. The molecule has 2 aliphatic carbocycles. The minimum atomic E-state index is -2.37. The zero-order valence-corrected chi connectivity index (χ0v) is 25.5. The van der Waals surface area contributed by atoms with Gasteiger partial charge in [0.25, 0.3) is 0 Å². The Hall–Kier alpha value is -4.48. The van der Waals surface area contributed by atoms with E-state index in [1.165, 1.54) is 0 Å². The third-order valence-electron chi connectivity index (χ3n) is 8.81. The molecule has 10 radical (unpaired) electrons. The summed E-state index contributed by atoms with van der Waals surface area (Å²) in [6.45, 7) is 0. The number of aliphatic hydroxyl groups excluding tert-OH is 1. The van der Waals surface area contributed by atoms with E-state index in [4.69, 9.17) is 0 Å². The van der Waals surface area contributed by atoms with Crippen LogP contribution in [0.3, 0.4) is 0 Å². The zero-order valence-electron chi connectivity index (χ0n) is 25.5. The fraction of sp³-hybridized carbons (Fsp3) is 0.0952. The van der Waals surface area contributed by atoms with Crippen molar-refractivity contribution in [2.45, 2.75) is 6.10 Å². The van der Waals surface area contributed by atoms with Gasteiger partial charge in [0, 0.05) is 34.1 Å². The Morgan fingerprint density at radius 1 is 0.447 bits per heavy atom. The number of benzene rings is 4. The number of hydrogen-bond donors (Lipinski definition) is 1. The van der Waals surface area contributed by atoms with Crippen LogP contribution in [0.5, 0.6) is 0 Å². The van der Waals surface area contributed by atoms with Gasteiger partial charge in [-0.05, 0) is 57.3 Å². The maximum Gasteiger partial charge on any atom is 0.179 e. The van der Waals surface area contributed by atoms with Crippen molar-refractivity contribution in [2.75, 3.05) is 0 Å². The van der Waals surface area contributed by atoms with Gasteiger partial charge < -0.3 is 5.11 Å². The molecule has 0 spiro atoms. The molecule has 4 aromatic rings. The second-order valence-electron chi connectivity index (χ2n) is 11.5. The van der Waals surface area contributed by atoms with Gasteiger partial charge in [-0.2, -0.15) is 0 Å². The highest BCUT2D eigenvalue weighted by Gasteiger charge is 2.65. The van der Waals surface area contributed by atoms with E-state index >= 15 is 9.59 Å². The summed E-state index contributed by atoms with van der Waals surface area (Å²) < 4.78 is 0. The van der Waals surface area contributed by atoms with Crippen molar-refractivity contribution in [3.63, 3.8) is 0 Å². The van der Waals surface area contributed by atoms with Crippen LogP contribution in [0.25, 0.3) is 0 Å². The van der Waals surface area contributed by atoms with Crippen LogP contribution >= 0.6 is 0 Å². The van der Waals surface area contributed by atoms with E-state index in [1.54, 1.807) is 173 Å². The first kappa shape index (κ1) is 32.5. The highest BCUT2D eigenvalue weighted by atomic mass is 16.3. The van der Waals surface area contributed by atoms with Crippen molar-refractivity contribution >= 4 is 23.1 Å². The van der Waals surface area contributed by atoms with E-state index in [0.717, 1.165) is 0 Å². The highest BCUT2D eigenvalue weighted by molar-refractivity contribution is 6.24. The fourth-order valence-electron chi connectivity index (χ4n) is 6.60. The molecule has 2 saturated carbocycles. The van der Waals surface area contributed by atoms with Gasteiger partial charge in [0.15, 0.2) is 23.1 Å². The lowest BCUT2D eigenvalue weighted by Gasteiger charge is -2.48. The molecule has 2 unspecified atom stereocenters. The number of aliphatic hydroxyl groups is 1. The Balaban J connectivity index is 1.69. The number of carbonyl (C=O) groups excluding carboxylic acids is 4. The van der Waals surface area contributed by atoms with Crippen molar-refractivity contribution in [3.05, 3.63) is 207 Å². The van der Waals surface area contributed by atoms with Crippen molar-refractivity contribution in [3.8, 4) is 0 Å². The van der Waals surface area contributed by atoms with E-state index < -0.39 is 46.5 Å². The van der Waals surface area contributed by atoms with Crippen molar-refractivity contribution < 1.29 is 24.3 Å². The standard InChI is InChI=1S/C42H32O5/c43-37(30-19-5-1-6-20-30)35(38(44)31-21-7-2-8-22-31)36(29-17-13-14-18-29)42(41(47)34-27-15-16-28-34,39(45)32-23-9-3-10-24-32)40(46)33-25-11-4-12-26-33/h1-28,35-36,41,47H. The SMILES string of the molecule is O=C(c1ccccc1)C(C(=O)c1ccccc1)C([C]1[CH][CH][CH][CH]1)C(C(=O)c1ccccc1)(C(=O)c1ccccc1)C(O)[C]1[CH][CH][CH][CH]1. The molecule has 0 saturated heterocycles. The molecule has 47 heavy (non-hydrogen) atoms. The van der Waals surface area contributed by atoms with Gasteiger partial charge in [0.1, 0.15) is 5.41 Å². The predicted octanol–water partition coefficient (Wildman–Crippen LogP) is 6.91. The molecule has 1 N–H and O–H groups in total. The average Bonchev–Trinajstić information content (AvgIpc) is 3.88. The van der Waals surface area contributed by atoms with Gasteiger partial charge in [0.2, 0.25) is 0 Å². The van der Waals surface area contributed by atoms with Crippen molar-refractivity contribution in [1.82, 2.24) is 0 Å². The van der Waals surface area contributed by atoms with Crippen LogP contribution in [-0.4, -0.2) is 34.3 Å². The molecule has 230 valence electrons. The Labute approximate surface area is 277 Å². The number of rotatable bonds is 13. The third kappa shape index (κ3) is 6.29. The molecule has 2 aliphatic rings. The average molecular weight is 617 g/mol. The van der Waals surface area contributed by atoms with Crippen LogP contribution < -0.4 is 0 Å². The van der Waals surface area contributed by atoms with E-state index in [0.29, 0.717) is 11.8 Å². The van der Waals surface area contributed by atoms with Crippen LogP contribution in [0, 0.1) is 80.5 Å². The quantitative estimate of drug-likeness (QED) is 0.130. The lowest BCUT2D eigenvalue weighted by molar-refractivity contribution is 0.00468. The lowest BCUT2D eigenvalue weighted by atomic mass is 9.52. The van der Waals surface area contributed by atoms with E-state index in [9.17, 15) is 14.7 Å². The minimum absolute atomic E-state index is 0.164. The van der Waals surface area contributed by atoms with Gasteiger partial charge in [-0.1, -0.05) is 121 Å². The maximum atomic E-state index is 15.4. The van der Waals surface area contributed by atoms with Crippen LogP contribution in [0.1, 0.15) is 41.4 Å². The van der Waals surface area contributed by atoms with Crippen molar-refractivity contribution in [2.24, 2.45) is 17.3 Å². The molecule has 2 atom stereocenters. The summed E-state index contributed by atoms with van der Waals surface area (Å²) in [7, 11) is 0. The lowest BCUT2D eigenvalue weighted by Crippen LogP contribution is -2.61. The summed E-state index contributed by atoms with van der Waals surface area (Å²) in [5.74, 6) is -4.80. The molecular formula is C42H32O5. The topological polar surface area (TPSA) is 88.5 Å². The van der Waals surface area contributed by atoms with Crippen LogP contribution in [0.4, 0.5) is 0 Å². The normalized spacial score (nSPS) is 17.0. The molecule has 0 aliphatic heterocycles. The monoisotopic (exact) mass is 616 g/mol. The summed E-state index contributed by atoms with van der Waals surface area (Å²) in [5, 5.41) is 12.6. The number of ketones is 4. The summed E-state index contributed by atoms with van der Waals surface area (Å²) in [6, 6.07) is 33.3. The summed E-state index contributed by atoms with van der Waals surface area (Å²) in [5.41, 5.74) is -1.55. The Morgan fingerprint density at radius 2 is 0.766 bits per heavy atom. The number of Topliss-reactive ketones (excluding diaryl/α,β-unsaturated/α-hetero) is 4. The number of hydrogen-bond acceptors (Lipinski definition) is 5. The molecule has 5 nitrogen and oxygen atoms in total. The summed E-state index contributed by atoms with van der Waals surface area (Å²) in [6.07, 6.45) is 11.8. The minimum Gasteiger partial charge on any atom is -0.391 e. The summed E-state index contributed by atoms with van der Waals surface area (Å²) >= 11 is 0. The van der Waals surface area contributed by atoms with Gasteiger partial charge >= 0.3 is 0 Å². The second-order valence-corrected chi connectivity index (χ2v) is 11.5. The van der Waals surface area contributed by atoms with E-state index in [-0.39, 0.29) is 22.3 Å². The van der Waals surface area contributed by atoms with Crippen LogP contribution in [-0.2, 0) is 0 Å². The first-order chi connectivity index (χ1) is 22.9. The zero-order chi connectivity index (χ0) is 32.8. The molecule has 2 fully saturated rings. The highest BCUT2D eigenvalue weighted by Crippen LogP contribution is 2.55. The molecule has 5 heteroatoms. The Kier molecular flexibility index (Phi) is 10.0. The fourth-order valence-corrected chi connectivity index (χ4v) is 6.60. The molecule has 0 aromatic heterocycles. The first-order valence-electron chi connectivity index (χ1n) is 15.4. The van der Waals surface area contributed by atoms with E-state index in [1.807, 2.05) is 0 Å². The maximum absolute atomic E-state index is 15.4. The third-order valence-corrected chi connectivity index (χ3v) is 8.81.